The molecule has 1 atom stereocenters. The van der Waals surface area contributed by atoms with Crippen molar-refractivity contribution in [3.8, 4) is 11.5 Å². The Balaban J connectivity index is 1.73. The van der Waals surface area contributed by atoms with Crippen molar-refractivity contribution in [3.05, 3.63) is 75.7 Å². The Morgan fingerprint density at radius 1 is 1.30 bits per heavy atom. The van der Waals surface area contributed by atoms with E-state index in [9.17, 15) is 9.59 Å². The highest BCUT2D eigenvalue weighted by Gasteiger charge is 2.34. The minimum atomic E-state index is -0.730. The van der Waals surface area contributed by atoms with Crippen molar-refractivity contribution in [1.82, 2.24) is 4.57 Å². The zero-order valence-corrected chi connectivity index (χ0v) is 21.4. The number of nitrogens with zero attached hydrogens (tertiary/aromatic N) is 2. The van der Waals surface area contributed by atoms with Crippen LogP contribution in [0.5, 0.6) is 11.5 Å². The molecule has 170 valence electrons. The maximum Gasteiger partial charge on any atom is 0.338 e. The summed E-state index contributed by atoms with van der Waals surface area (Å²) in [5.41, 5.74) is 1.19. The minimum absolute atomic E-state index is 0.120. The van der Waals surface area contributed by atoms with Crippen LogP contribution >= 0.6 is 43.2 Å². The number of hydrogen-bond acceptors (Lipinski definition) is 8. The van der Waals surface area contributed by atoms with Crippen molar-refractivity contribution in [3.63, 3.8) is 0 Å². The summed E-state index contributed by atoms with van der Waals surface area (Å²) in [7, 11) is 0. The highest BCUT2D eigenvalue weighted by molar-refractivity contribution is 9.13. The average Bonchev–Trinajstić information content (AvgIpc) is 3.45. The van der Waals surface area contributed by atoms with Gasteiger partial charge in [-0.05, 0) is 69.5 Å². The fourth-order valence-corrected chi connectivity index (χ4v) is 5.39. The molecule has 2 aliphatic rings. The van der Waals surface area contributed by atoms with Gasteiger partial charge in [-0.25, -0.2) is 9.79 Å². The number of benzene rings is 1. The summed E-state index contributed by atoms with van der Waals surface area (Å²) in [5, 5.41) is 0. The smallest absolute Gasteiger partial charge is 0.338 e. The third kappa shape index (κ3) is 3.87. The molecule has 8 nitrogen and oxygen atoms in total. The lowest BCUT2D eigenvalue weighted by Gasteiger charge is -2.24. The fraction of sp³-hybridized carbons (Fsp3) is 0.227. The van der Waals surface area contributed by atoms with Crippen LogP contribution < -0.4 is 24.4 Å². The third-order valence-electron chi connectivity index (χ3n) is 5.17. The van der Waals surface area contributed by atoms with Crippen LogP contribution in [0.1, 0.15) is 31.2 Å². The molecule has 0 radical (unpaired) electrons. The van der Waals surface area contributed by atoms with Crippen LogP contribution in [-0.2, 0) is 9.53 Å². The topological polar surface area (TPSA) is 92.3 Å². The van der Waals surface area contributed by atoms with Crippen LogP contribution in [0.25, 0.3) is 6.08 Å². The molecule has 0 saturated heterocycles. The van der Waals surface area contributed by atoms with Gasteiger partial charge in [0, 0.05) is 6.08 Å². The van der Waals surface area contributed by atoms with Gasteiger partial charge in [-0.1, -0.05) is 17.4 Å². The van der Waals surface area contributed by atoms with Gasteiger partial charge in [0.05, 0.1) is 32.9 Å². The summed E-state index contributed by atoms with van der Waals surface area (Å²) in [6, 6.07) is 6.39. The predicted octanol–water partition coefficient (Wildman–Crippen LogP) is 3.65. The first kappa shape index (κ1) is 22.2. The van der Waals surface area contributed by atoms with Crippen molar-refractivity contribution in [2.24, 2.45) is 4.99 Å². The van der Waals surface area contributed by atoms with Crippen LogP contribution in [0.15, 0.2) is 58.9 Å². The molecule has 0 spiro atoms. The number of esters is 1. The van der Waals surface area contributed by atoms with E-state index in [2.05, 4.69) is 36.9 Å². The van der Waals surface area contributed by atoms with E-state index >= 15 is 0 Å². The fourth-order valence-electron chi connectivity index (χ4n) is 3.75. The van der Waals surface area contributed by atoms with Crippen molar-refractivity contribution >= 4 is 55.2 Å². The van der Waals surface area contributed by atoms with Gasteiger partial charge in [0.1, 0.15) is 5.76 Å². The first-order chi connectivity index (χ1) is 15.9. The predicted molar refractivity (Wildman–Crippen MR) is 127 cm³/mol. The number of furan rings is 1. The average molecular weight is 596 g/mol. The monoisotopic (exact) mass is 594 g/mol. The molecule has 0 aliphatic carbocycles. The number of fused-ring (bicyclic) bond motifs is 2. The Bertz CT molecular complexity index is 1480. The molecule has 0 saturated carbocycles. The highest BCUT2D eigenvalue weighted by Crippen LogP contribution is 2.38. The lowest BCUT2D eigenvalue weighted by molar-refractivity contribution is -0.139. The van der Waals surface area contributed by atoms with E-state index in [1.165, 1.54) is 15.9 Å². The summed E-state index contributed by atoms with van der Waals surface area (Å²) in [4.78, 5) is 31.5. The van der Waals surface area contributed by atoms with Crippen molar-refractivity contribution in [2.75, 3.05) is 13.4 Å². The van der Waals surface area contributed by atoms with Gasteiger partial charge in [0.2, 0.25) is 6.79 Å². The number of thiazole rings is 1. The Kier molecular flexibility index (Phi) is 5.79. The lowest BCUT2D eigenvalue weighted by Crippen LogP contribution is -2.39. The first-order valence-corrected chi connectivity index (χ1v) is 12.3. The van der Waals surface area contributed by atoms with E-state index in [1.54, 1.807) is 38.1 Å². The van der Waals surface area contributed by atoms with Crippen molar-refractivity contribution in [1.29, 1.82) is 0 Å². The van der Waals surface area contributed by atoms with Gasteiger partial charge in [0.15, 0.2) is 21.0 Å². The first-order valence-electron chi connectivity index (χ1n) is 9.91. The number of rotatable bonds is 4. The second kappa shape index (κ2) is 8.62. The molecule has 2 aromatic heterocycles. The lowest BCUT2D eigenvalue weighted by atomic mass is 9.95. The molecule has 2 aliphatic heterocycles. The molecule has 4 heterocycles. The maximum atomic E-state index is 13.5. The quantitative estimate of drug-likeness (QED) is 0.428. The molecular formula is C22H16Br2N2O6S. The van der Waals surface area contributed by atoms with Gasteiger partial charge in [0.25, 0.3) is 5.56 Å². The zero-order chi connectivity index (χ0) is 23.3. The van der Waals surface area contributed by atoms with Gasteiger partial charge < -0.3 is 18.6 Å². The number of aromatic nitrogens is 1. The third-order valence-corrected chi connectivity index (χ3v) is 7.86. The normalized spacial score (nSPS) is 17.2. The Labute approximate surface area is 208 Å². The van der Waals surface area contributed by atoms with E-state index in [4.69, 9.17) is 18.6 Å². The van der Waals surface area contributed by atoms with Crippen LogP contribution in [0.4, 0.5) is 0 Å². The van der Waals surface area contributed by atoms with Crippen molar-refractivity contribution < 1.29 is 23.4 Å². The number of ether oxygens (including phenoxy) is 3. The van der Waals surface area contributed by atoms with Gasteiger partial charge in [-0.15, -0.1) is 0 Å². The molecule has 5 rings (SSSR count). The summed E-state index contributed by atoms with van der Waals surface area (Å²) in [6.07, 6.45) is 1.65. The van der Waals surface area contributed by atoms with Gasteiger partial charge >= 0.3 is 5.97 Å². The van der Waals surface area contributed by atoms with Crippen LogP contribution in [-0.4, -0.2) is 23.9 Å². The van der Waals surface area contributed by atoms with Crippen LogP contribution in [0.2, 0.25) is 0 Å². The molecule has 0 amide bonds. The second-order valence-electron chi connectivity index (χ2n) is 7.19. The highest BCUT2D eigenvalue weighted by atomic mass is 79.9. The standard InChI is InChI=1S/C22H16Br2N2O6S/c1-3-29-21(28)17-10(2)25-22-26(18(17)11-4-5-14-15(6-11)31-9-30-14)20(27)16(33-22)8-12-7-13(23)19(24)32-12/h4-8,18H,3,9H2,1-2H3/b16-8+. The molecule has 1 unspecified atom stereocenters. The number of hydrogen-bond donors (Lipinski definition) is 0. The molecular weight excluding hydrogens is 580 g/mol. The molecule has 33 heavy (non-hydrogen) atoms. The van der Waals surface area contributed by atoms with Crippen molar-refractivity contribution in [2.45, 2.75) is 19.9 Å². The Hall–Kier alpha value is -2.63. The van der Waals surface area contributed by atoms with E-state index in [-0.39, 0.29) is 19.0 Å². The maximum absolute atomic E-state index is 13.5. The summed E-state index contributed by atoms with van der Waals surface area (Å²) >= 11 is 7.90. The van der Waals surface area contributed by atoms with E-state index in [0.29, 0.717) is 48.1 Å². The zero-order valence-electron chi connectivity index (χ0n) is 17.4. The van der Waals surface area contributed by atoms with Crippen LogP contribution in [0.3, 0.4) is 0 Å². The van der Waals surface area contributed by atoms with Gasteiger partial charge in [-0.2, -0.15) is 0 Å². The molecule has 3 aromatic rings. The molecule has 0 fully saturated rings. The minimum Gasteiger partial charge on any atom is -0.463 e. The van der Waals surface area contributed by atoms with E-state index < -0.39 is 12.0 Å². The largest absolute Gasteiger partial charge is 0.463 e. The molecule has 11 heteroatoms. The Morgan fingerprint density at radius 3 is 2.82 bits per heavy atom. The molecule has 0 bridgehead atoms. The summed E-state index contributed by atoms with van der Waals surface area (Å²) < 4.78 is 25.1. The molecule has 1 aromatic carbocycles. The van der Waals surface area contributed by atoms with E-state index in [0.717, 1.165) is 4.47 Å². The van der Waals surface area contributed by atoms with Gasteiger partial charge in [-0.3, -0.25) is 9.36 Å². The van der Waals surface area contributed by atoms with E-state index in [1.807, 2.05) is 6.07 Å². The summed E-state index contributed by atoms with van der Waals surface area (Å²) in [6.45, 7) is 3.80. The van der Waals surface area contributed by atoms with Crippen LogP contribution in [0, 0.1) is 0 Å². The second-order valence-corrected chi connectivity index (χ2v) is 9.77. The molecule has 0 N–H and O–H groups in total. The Morgan fingerprint density at radius 2 is 2.09 bits per heavy atom. The number of carbonyl (C=O) groups excluding carboxylic acids is 1. The SMILES string of the molecule is CCOC(=O)C1=C(C)N=c2s/c(=C/c3cc(Br)c(Br)o3)c(=O)n2C1c1ccc2c(c1)OCO2. The number of carbonyl (C=O) groups is 1. The number of halogens is 2. The number of allylic oxidation sites excluding steroid dienone is 1. The summed E-state index contributed by atoms with van der Waals surface area (Å²) in [5.74, 6) is 1.14.